The van der Waals surface area contributed by atoms with Gasteiger partial charge in [-0.05, 0) is 38.4 Å². The average Bonchev–Trinajstić information content (AvgIpc) is 2.98. The Hall–Kier alpha value is -0.600. The lowest BCUT2D eigenvalue weighted by Crippen LogP contribution is -2.52. The largest absolute Gasteiger partial charge is 0.449 e. The Morgan fingerprint density at radius 1 is 1.50 bits per heavy atom. The summed E-state index contributed by atoms with van der Waals surface area (Å²) in [6, 6.07) is 3.09. The maximum atomic E-state index is 12.1. The van der Waals surface area contributed by atoms with Crippen LogP contribution in [0.15, 0.2) is 21.6 Å². The highest BCUT2D eigenvalue weighted by Gasteiger charge is 2.35. The zero-order chi connectivity index (χ0) is 13.9. The van der Waals surface area contributed by atoms with E-state index in [4.69, 9.17) is 9.15 Å². The summed E-state index contributed by atoms with van der Waals surface area (Å²) in [5.74, 6) is 0.575. The van der Waals surface area contributed by atoms with Gasteiger partial charge < -0.3 is 14.5 Å². The summed E-state index contributed by atoms with van der Waals surface area (Å²) in [5, 5.41) is 3.27. The predicted octanol–water partition coefficient (Wildman–Crippen LogP) is 1.06. The van der Waals surface area contributed by atoms with Crippen molar-refractivity contribution in [2.45, 2.75) is 30.4 Å². The lowest BCUT2D eigenvalue weighted by molar-refractivity contribution is 0.122. The van der Waals surface area contributed by atoms with Crippen LogP contribution in [0.25, 0.3) is 0 Å². The van der Waals surface area contributed by atoms with Crippen molar-refractivity contribution < 1.29 is 17.6 Å². The molecule has 1 aliphatic heterocycles. The molecule has 0 bridgehead atoms. The van der Waals surface area contributed by atoms with Crippen LogP contribution in [0.4, 0.5) is 0 Å². The summed E-state index contributed by atoms with van der Waals surface area (Å²) in [6.07, 6.45) is 1.91. The highest BCUT2D eigenvalue weighted by molar-refractivity contribution is 7.89. The molecule has 0 spiro atoms. The summed E-state index contributed by atoms with van der Waals surface area (Å²) in [4.78, 5) is 0. The normalized spacial score (nSPS) is 22.7. The minimum Gasteiger partial charge on any atom is -0.449 e. The number of furan rings is 1. The molecule has 116 valence electrons. The van der Waals surface area contributed by atoms with Crippen molar-refractivity contribution in [2.75, 3.05) is 26.8 Å². The topological polar surface area (TPSA) is 80.6 Å². The van der Waals surface area contributed by atoms with E-state index < -0.39 is 10.0 Å². The average molecular weight is 325 g/mol. The Balaban J connectivity index is 0.00000200. The first-order valence-electron chi connectivity index (χ1n) is 6.28. The van der Waals surface area contributed by atoms with Gasteiger partial charge in [-0.1, -0.05) is 0 Å². The van der Waals surface area contributed by atoms with Gasteiger partial charge in [0.15, 0.2) is 0 Å². The molecule has 1 saturated heterocycles. The van der Waals surface area contributed by atoms with Gasteiger partial charge in [-0.25, -0.2) is 13.1 Å². The number of aryl methyl sites for hydroxylation is 1. The first-order valence-corrected chi connectivity index (χ1v) is 7.76. The van der Waals surface area contributed by atoms with Gasteiger partial charge in [-0.3, -0.25) is 0 Å². The van der Waals surface area contributed by atoms with E-state index in [2.05, 4.69) is 10.0 Å². The van der Waals surface area contributed by atoms with E-state index in [1.165, 1.54) is 6.07 Å². The minimum atomic E-state index is -3.60. The van der Waals surface area contributed by atoms with Gasteiger partial charge in [-0.15, -0.1) is 12.4 Å². The summed E-state index contributed by atoms with van der Waals surface area (Å²) in [7, 11) is -1.98. The van der Waals surface area contributed by atoms with Crippen molar-refractivity contribution in [3.05, 3.63) is 17.9 Å². The fourth-order valence-corrected chi connectivity index (χ4v) is 3.43. The van der Waals surface area contributed by atoms with Crippen LogP contribution in [0.5, 0.6) is 0 Å². The monoisotopic (exact) mass is 324 g/mol. The standard InChI is InChI=1S/C12H20N2O4S.ClH/c1-10-4-5-11(18-10)19(15,16)14-8-12(9-17-2)6-3-7-13-12;/h4-5,13-14H,3,6-9H2,1-2H3;1H. The van der Waals surface area contributed by atoms with Crippen LogP contribution in [0, 0.1) is 6.92 Å². The van der Waals surface area contributed by atoms with Gasteiger partial charge in [0.25, 0.3) is 10.0 Å². The Bertz CT molecular complexity index is 523. The molecule has 0 aromatic carbocycles. The molecule has 1 fully saturated rings. The van der Waals surface area contributed by atoms with Crippen LogP contribution < -0.4 is 10.0 Å². The predicted molar refractivity (Wildman–Crippen MR) is 77.7 cm³/mol. The van der Waals surface area contributed by atoms with E-state index in [-0.39, 0.29) is 23.0 Å². The molecule has 0 radical (unpaired) electrons. The molecule has 20 heavy (non-hydrogen) atoms. The van der Waals surface area contributed by atoms with Crippen molar-refractivity contribution in [2.24, 2.45) is 0 Å². The van der Waals surface area contributed by atoms with E-state index in [1.807, 2.05) is 0 Å². The molecule has 0 aliphatic carbocycles. The Kier molecular flexibility index (Phi) is 6.03. The van der Waals surface area contributed by atoms with Crippen LogP contribution in [-0.4, -0.2) is 40.8 Å². The first-order chi connectivity index (χ1) is 8.97. The third kappa shape index (κ3) is 3.95. The quantitative estimate of drug-likeness (QED) is 0.817. The number of halogens is 1. The van der Waals surface area contributed by atoms with Crippen LogP contribution in [0.3, 0.4) is 0 Å². The molecule has 1 atom stereocenters. The zero-order valence-corrected chi connectivity index (χ0v) is 13.3. The zero-order valence-electron chi connectivity index (χ0n) is 11.6. The van der Waals surface area contributed by atoms with Crippen molar-refractivity contribution in [1.29, 1.82) is 0 Å². The second-order valence-electron chi connectivity index (χ2n) is 4.93. The maximum Gasteiger partial charge on any atom is 0.274 e. The van der Waals surface area contributed by atoms with E-state index in [9.17, 15) is 8.42 Å². The third-order valence-corrected chi connectivity index (χ3v) is 4.61. The number of methoxy groups -OCH3 is 1. The number of ether oxygens (including phenoxy) is 1. The van der Waals surface area contributed by atoms with Crippen molar-refractivity contribution in [3.8, 4) is 0 Å². The van der Waals surface area contributed by atoms with Gasteiger partial charge >= 0.3 is 0 Å². The van der Waals surface area contributed by atoms with Crippen molar-refractivity contribution in [3.63, 3.8) is 0 Å². The fraction of sp³-hybridized carbons (Fsp3) is 0.667. The lowest BCUT2D eigenvalue weighted by Gasteiger charge is -2.28. The van der Waals surface area contributed by atoms with Crippen LogP contribution >= 0.6 is 12.4 Å². The molecule has 1 aliphatic rings. The summed E-state index contributed by atoms with van der Waals surface area (Å²) < 4.78 is 37.1. The number of hydrogen-bond donors (Lipinski definition) is 2. The van der Waals surface area contributed by atoms with Crippen LogP contribution in [0.2, 0.25) is 0 Å². The van der Waals surface area contributed by atoms with E-state index in [1.54, 1.807) is 20.1 Å². The molecule has 6 nitrogen and oxygen atoms in total. The van der Waals surface area contributed by atoms with Gasteiger partial charge in [-0.2, -0.15) is 0 Å². The Labute approximate surface area is 125 Å². The Morgan fingerprint density at radius 2 is 2.25 bits per heavy atom. The highest BCUT2D eigenvalue weighted by atomic mass is 35.5. The van der Waals surface area contributed by atoms with Crippen LogP contribution in [0.1, 0.15) is 18.6 Å². The molecular formula is C12H21ClN2O4S. The lowest BCUT2D eigenvalue weighted by atomic mass is 9.99. The molecule has 1 unspecified atom stereocenters. The minimum absolute atomic E-state index is 0. The molecule has 1 aromatic rings. The van der Waals surface area contributed by atoms with E-state index in [0.29, 0.717) is 18.9 Å². The molecule has 2 rings (SSSR count). The maximum absolute atomic E-state index is 12.1. The van der Waals surface area contributed by atoms with Crippen molar-refractivity contribution >= 4 is 22.4 Å². The number of sulfonamides is 1. The smallest absolute Gasteiger partial charge is 0.274 e. The SMILES string of the molecule is COCC1(CNS(=O)(=O)c2ccc(C)o2)CCCN1.Cl. The van der Waals surface area contributed by atoms with E-state index in [0.717, 1.165) is 19.4 Å². The summed E-state index contributed by atoms with van der Waals surface area (Å²) in [5.41, 5.74) is -0.316. The second kappa shape index (κ2) is 6.91. The molecule has 0 amide bonds. The molecule has 0 saturated carbocycles. The van der Waals surface area contributed by atoms with Gasteiger partial charge in [0.05, 0.1) is 12.1 Å². The van der Waals surface area contributed by atoms with Crippen molar-refractivity contribution in [1.82, 2.24) is 10.0 Å². The van der Waals surface area contributed by atoms with Gasteiger partial charge in [0.1, 0.15) is 5.76 Å². The summed E-state index contributed by atoms with van der Waals surface area (Å²) >= 11 is 0. The number of nitrogens with one attached hydrogen (secondary N) is 2. The Morgan fingerprint density at radius 3 is 2.75 bits per heavy atom. The fourth-order valence-electron chi connectivity index (χ4n) is 2.33. The molecule has 8 heteroatoms. The number of hydrogen-bond acceptors (Lipinski definition) is 5. The summed E-state index contributed by atoms with van der Waals surface area (Å²) in [6.45, 7) is 3.37. The van der Waals surface area contributed by atoms with Gasteiger partial charge in [0.2, 0.25) is 5.09 Å². The molecular weight excluding hydrogens is 304 g/mol. The highest BCUT2D eigenvalue weighted by Crippen LogP contribution is 2.20. The van der Waals surface area contributed by atoms with Gasteiger partial charge in [0, 0.05) is 13.7 Å². The molecule has 1 aromatic heterocycles. The van der Waals surface area contributed by atoms with E-state index >= 15 is 0 Å². The number of rotatable bonds is 6. The first kappa shape index (κ1) is 17.5. The molecule has 2 N–H and O–H groups in total. The third-order valence-electron chi connectivity index (χ3n) is 3.33. The second-order valence-corrected chi connectivity index (χ2v) is 6.63. The van der Waals surface area contributed by atoms with Crippen LogP contribution in [-0.2, 0) is 14.8 Å². The molecule has 2 heterocycles.